The Bertz CT molecular complexity index is 656. The van der Waals surface area contributed by atoms with Crippen molar-refractivity contribution in [1.29, 1.82) is 0 Å². The monoisotopic (exact) mass is 312 g/mol. The molecule has 0 unspecified atom stereocenters. The molecule has 2 aromatic rings. The van der Waals surface area contributed by atoms with Crippen LogP contribution < -0.4 is 10.2 Å². The van der Waals surface area contributed by atoms with Crippen LogP contribution in [-0.2, 0) is 4.79 Å². The third kappa shape index (κ3) is 5.56. The Labute approximate surface area is 135 Å². The predicted molar refractivity (Wildman–Crippen MR) is 89.4 cm³/mol. The lowest BCUT2D eigenvalue weighted by Gasteiger charge is -2.09. The molecule has 5 heteroatoms. The number of benzene rings is 2. The second-order valence-electron chi connectivity index (χ2n) is 5.03. The second-order valence-corrected chi connectivity index (χ2v) is 5.03. The van der Waals surface area contributed by atoms with Crippen LogP contribution in [0.5, 0.6) is 5.75 Å². The van der Waals surface area contributed by atoms with Crippen LogP contribution >= 0.6 is 0 Å². The molecular formula is C18H20N2O3. The van der Waals surface area contributed by atoms with Crippen molar-refractivity contribution < 1.29 is 14.6 Å². The van der Waals surface area contributed by atoms with Crippen LogP contribution in [0.1, 0.15) is 30.1 Å². The number of carbonyl (C=O) groups excluding carboxylic acids is 1. The van der Waals surface area contributed by atoms with E-state index in [2.05, 4.69) is 10.5 Å². The average molecular weight is 312 g/mol. The number of rotatable bonds is 7. The summed E-state index contributed by atoms with van der Waals surface area (Å²) in [6.45, 7) is 0. The minimum Gasteiger partial charge on any atom is -0.497 e. The molecule has 0 spiro atoms. The lowest BCUT2D eigenvalue weighted by molar-refractivity contribution is -0.121. The van der Waals surface area contributed by atoms with Crippen molar-refractivity contribution in [3.8, 4) is 5.75 Å². The molecule has 2 aromatic carbocycles. The number of hydrogen-bond donors (Lipinski definition) is 2. The molecule has 0 fully saturated rings. The van der Waals surface area contributed by atoms with Gasteiger partial charge in [-0.2, -0.15) is 5.10 Å². The number of aliphatic hydroxyl groups is 1. The standard InChI is InChI=1S/C18H20N2O3/c1-23-16-9-5-6-14(12-16)13-19-20-18(22)11-10-17(21)15-7-3-2-4-8-15/h2-9,12-13,17,21H,10-11H2,1H3,(H,20,22)/b19-13-/t17-/m1/s1. The fourth-order valence-corrected chi connectivity index (χ4v) is 2.07. The SMILES string of the molecule is COc1cccc(/C=N\NC(=O)CC[C@@H](O)c2ccccc2)c1. The summed E-state index contributed by atoms with van der Waals surface area (Å²) in [4.78, 5) is 11.7. The molecule has 0 bridgehead atoms. The van der Waals surface area contributed by atoms with E-state index in [0.717, 1.165) is 16.9 Å². The van der Waals surface area contributed by atoms with Crippen molar-refractivity contribution in [3.63, 3.8) is 0 Å². The molecule has 0 aliphatic rings. The third-order valence-electron chi connectivity index (χ3n) is 3.33. The van der Waals surface area contributed by atoms with Crippen LogP contribution in [0.15, 0.2) is 59.7 Å². The number of methoxy groups -OCH3 is 1. The van der Waals surface area contributed by atoms with Gasteiger partial charge in [0, 0.05) is 6.42 Å². The molecule has 2 N–H and O–H groups in total. The van der Waals surface area contributed by atoms with E-state index in [1.54, 1.807) is 13.3 Å². The molecule has 0 aromatic heterocycles. The number of aliphatic hydroxyl groups excluding tert-OH is 1. The largest absolute Gasteiger partial charge is 0.497 e. The van der Waals surface area contributed by atoms with Crippen LogP contribution in [0.4, 0.5) is 0 Å². The molecule has 1 atom stereocenters. The fraction of sp³-hybridized carbons (Fsp3) is 0.222. The van der Waals surface area contributed by atoms with E-state index in [4.69, 9.17) is 4.74 Å². The van der Waals surface area contributed by atoms with Crippen molar-refractivity contribution in [1.82, 2.24) is 5.43 Å². The number of ether oxygens (including phenoxy) is 1. The van der Waals surface area contributed by atoms with E-state index < -0.39 is 6.10 Å². The molecule has 0 saturated heterocycles. The number of carbonyl (C=O) groups is 1. The molecule has 2 rings (SSSR count). The minimum atomic E-state index is -0.649. The lowest BCUT2D eigenvalue weighted by Crippen LogP contribution is -2.18. The lowest BCUT2D eigenvalue weighted by atomic mass is 10.1. The summed E-state index contributed by atoms with van der Waals surface area (Å²) in [5.41, 5.74) is 4.09. The Morgan fingerprint density at radius 3 is 2.78 bits per heavy atom. The summed E-state index contributed by atoms with van der Waals surface area (Å²) in [5, 5.41) is 13.9. The van der Waals surface area contributed by atoms with Crippen LogP contribution in [0.3, 0.4) is 0 Å². The van der Waals surface area contributed by atoms with Gasteiger partial charge in [0.2, 0.25) is 5.91 Å². The molecule has 5 nitrogen and oxygen atoms in total. The maximum absolute atomic E-state index is 11.7. The first-order valence-corrected chi connectivity index (χ1v) is 7.38. The molecule has 0 aliphatic carbocycles. The van der Waals surface area contributed by atoms with Gasteiger partial charge in [0.25, 0.3) is 0 Å². The highest BCUT2D eigenvalue weighted by molar-refractivity contribution is 5.82. The van der Waals surface area contributed by atoms with Crippen molar-refractivity contribution in [2.45, 2.75) is 18.9 Å². The summed E-state index contributed by atoms with van der Waals surface area (Å²) in [5.74, 6) is 0.491. The Balaban J connectivity index is 1.77. The Kier molecular flexibility index (Phi) is 6.32. The normalized spacial score (nSPS) is 12.1. The topological polar surface area (TPSA) is 70.9 Å². The smallest absolute Gasteiger partial charge is 0.240 e. The highest BCUT2D eigenvalue weighted by Gasteiger charge is 2.09. The second kappa shape index (κ2) is 8.70. The van der Waals surface area contributed by atoms with Crippen molar-refractivity contribution >= 4 is 12.1 Å². The first-order valence-electron chi connectivity index (χ1n) is 7.38. The van der Waals surface area contributed by atoms with E-state index >= 15 is 0 Å². The number of nitrogens with one attached hydrogen (secondary N) is 1. The summed E-state index contributed by atoms with van der Waals surface area (Å²) in [7, 11) is 1.59. The molecule has 1 amide bonds. The maximum atomic E-state index is 11.7. The van der Waals surface area contributed by atoms with Gasteiger partial charge >= 0.3 is 0 Å². The predicted octanol–water partition coefficient (Wildman–Crippen LogP) is 2.66. The molecule has 120 valence electrons. The number of hydrogen-bond acceptors (Lipinski definition) is 4. The van der Waals surface area contributed by atoms with Gasteiger partial charge in [-0.05, 0) is 29.7 Å². The summed E-state index contributed by atoms with van der Waals surface area (Å²) in [6.07, 6.45) is 1.45. The number of hydrazone groups is 1. The van der Waals surface area contributed by atoms with E-state index in [1.807, 2.05) is 54.6 Å². The fourth-order valence-electron chi connectivity index (χ4n) is 2.07. The highest BCUT2D eigenvalue weighted by Crippen LogP contribution is 2.17. The van der Waals surface area contributed by atoms with Gasteiger partial charge < -0.3 is 9.84 Å². The number of nitrogens with zero attached hydrogens (tertiary/aromatic N) is 1. The zero-order valence-corrected chi connectivity index (χ0v) is 13.0. The van der Waals surface area contributed by atoms with Crippen molar-refractivity contribution in [2.75, 3.05) is 7.11 Å². The van der Waals surface area contributed by atoms with Gasteiger partial charge in [0.05, 0.1) is 19.4 Å². The summed E-state index contributed by atoms with van der Waals surface area (Å²) >= 11 is 0. The molecule has 0 heterocycles. The van der Waals surface area contributed by atoms with E-state index in [0.29, 0.717) is 6.42 Å². The van der Waals surface area contributed by atoms with Gasteiger partial charge in [-0.3, -0.25) is 4.79 Å². The first kappa shape index (κ1) is 16.7. The average Bonchev–Trinajstić information content (AvgIpc) is 2.60. The van der Waals surface area contributed by atoms with Crippen molar-refractivity contribution in [3.05, 3.63) is 65.7 Å². The van der Waals surface area contributed by atoms with Gasteiger partial charge in [-0.1, -0.05) is 42.5 Å². The van der Waals surface area contributed by atoms with Gasteiger partial charge in [-0.25, -0.2) is 5.43 Å². The molecular weight excluding hydrogens is 292 g/mol. The maximum Gasteiger partial charge on any atom is 0.240 e. The van der Waals surface area contributed by atoms with Crippen LogP contribution in [-0.4, -0.2) is 24.3 Å². The van der Waals surface area contributed by atoms with Gasteiger partial charge in [0.15, 0.2) is 0 Å². The third-order valence-corrected chi connectivity index (χ3v) is 3.33. The Hall–Kier alpha value is -2.66. The number of amides is 1. The Morgan fingerprint density at radius 1 is 1.26 bits per heavy atom. The zero-order valence-electron chi connectivity index (χ0n) is 13.0. The first-order chi connectivity index (χ1) is 11.2. The van der Waals surface area contributed by atoms with Crippen molar-refractivity contribution in [2.24, 2.45) is 5.10 Å². The summed E-state index contributed by atoms with van der Waals surface area (Å²) in [6, 6.07) is 16.6. The summed E-state index contributed by atoms with van der Waals surface area (Å²) < 4.78 is 5.11. The molecule has 0 saturated carbocycles. The Morgan fingerprint density at radius 2 is 2.04 bits per heavy atom. The van der Waals surface area contributed by atoms with Crippen LogP contribution in [0.2, 0.25) is 0 Å². The quantitative estimate of drug-likeness (QED) is 0.610. The highest BCUT2D eigenvalue weighted by atomic mass is 16.5. The molecule has 0 aliphatic heterocycles. The van der Waals surface area contributed by atoms with E-state index in [-0.39, 0.29) is 12.3 Å². The minimum absolute atomic E-state index is 0.200. The van der Waals surface area contributed by atoms with Gasteiger partial charge in [0.1, 0.15) is 5.75 Å². The van der Waals surface area contributed by atoms with E-state index in [1.165, 1.54) is 0 Å². The van der Waals surface area contributed by atoms with Gasteiger partial charge in [-0.15, -0.1) is 0 Å². The van der Waals surface area contributed by atoms with Crippen LogP contribution in [0.25, 0.3) is 0 Å². The van der Waals surface area contributed by atoms with E-state index in [9.17, 15) is 9.90 Å². The molecule has 23 heavy (non-hydrogen) atoms. The molecule has 0 radical (unpaired) electrons. The zero-order chi connectivity index (χ0) is 16.5. The van der Waals surface area contributed by atoms with Crippen LogP contribution in [0, 0.1) is 0 Å².